The number of nitrogens with one attached hydrogen (secondary N) is 2. The molecule has 2 aromatic carbocycles. The monoisotopic (exact) mass is 464 g/mol. The van der Waals surface area contributed by atoms with Gasteiger partial charge in [0, 0.05) is 26.9 Å². The van der Waals surface area contributed by atoms with E-state index in [0.29, 0.717) is 17.5 Å². The van der Waals surface area contributed by atoms with Crippen molar-refractivity contribution in [1.29, 1.82) is 0 Å². The standard InChI is InChI=1S/C17H14Br2N4S/c18-13-3-1-12(2-4-13)11-23-10-9-16(22-23)21-17(24)20-15-7-5-14(19)6-8-15/h1-10H,11H2,(H2,20,21,22,24). The predicted octanol–water partition coefficient (Wildman–Crippen LogP) is 5.27. The van der Waals surface area contributed by atoms with Gasteiger partial charge in [0.25, 0.3) is 0 Å². The van der Waals surface area contributed by atoms with Gasteiger partial charge in [0.1, 0.15) is 0 Å². The second-order valence-electron chi connectivity index (χ2n) is 5.11. The molecule has 0 aliphatic heterocycles. The lowest BCUT2D eigenvalue weighted by Gasteiger charge is -2.08. The average molecular weight is 466 g/mol. The van der Waals surface area contributed by atoms with E-state index in [1.807, 2.05) is 53.3 Å². The zero-order valence-corrected chi connectivity index (χ0v) is 16.5. The molecule has 2 N–H and O–H groups in total. The summed E-state index contributed by atoms with van der Waals surface area (Å²) in [5, 5.41) is 11.2. The number of aromatic nitrogens is 2. The van der Waals surface area contributed by atoms with Gasteiger partial charge in [0.05, 0.1) is 6.54 Å². The summed E-state index contributed by atoms with van der Waals surface area (Å²) in [5.41, 5.74) is 2.11. The van der Waals surface area contributed by atoms with E-state index in [1.165, 1.54) is 5.56 Å². The first-order valence-electron chi connectivity index (χ1n) is 7.20. The number of thiocarbonyl (C=S) groups is 1. The first-order valence-corrected chi connectivity index (χ1v) is 9.19. The normalized spacial score (nSPS) is 10.4. The molecule has 7 heteroatoms. The summed E-state index contributed by atoms with van der Waals surface area (Å²) >= 11 is 12.2. The molecule has 0 amide bonds. The van der Waals surface area contributed by atoms with Crippen LogP contribution in [-0.4, -0.2) is 14.9 Å². The lowest BCUT2D eigenvalue weighted by Crippen LogP contribution is -2.19. The predicted molar refractivity (Wildman–Crippen MR) is 109 cm³/mol. The van der Waals surface area contributed by atoms with Crippen LogP contribution in [0.4, 0.5) is 11.5 Å². The molecular formula is C17H14Br2N4S. The molecule has 0 atom stereocenters. The van der Waals surface area contributed by atoms with Crippen LogP contribution >= 0.6 is 44.1 Å². The van der Waals surface area contributed by atoms with E-state index in [0.717, 1.165) is 14.6 Å². The van der Waals surface area contributed by atoms with Gasteiger partial charge in [0.2, 0.25) is 0 Å². The zero-order valence-electron chi connectivity index (χ0n) is 12.5. The topological polar surface area (TPSA) is 41.9 Å². The molecule has 0 saturated carbocycles. The molecule has 4 nitrogen and oxygen atoms in total. The molecule has 3 rings (SSSR count). The van der Waals surface area contributed by atoms with Crippen molar-refractivity contribution in [2.24, 2.45) is 0 Å². The van der Waals surface area contributed by atoms with Gasteiger partial charge < -0.3 is 10.6 Å². The molecule has 0 aliphatic rings. The molecule has 0 spiro atoms. The Bertz CT molecular complexity index is 829. The Labute approximate surface area is 162 Å². The summed E-state index contributed by atoms with van der Waals surface area (Å²) in [6.45, 7) is 0.710. The number of halogens is 2. The van der Waals surface area contributed by atoms with Gasteiger partial charge in [-0.25, -0.2) is 0 Å². The summed E-state index contributed by atoms with van der Waals surface area (Å²) in [7, 11) is 0. The molecule has 0 bridgehead atoms. The van der Waals surface area contributed by atoms with Gasteiger partial charge in [-0.3, -0.25) is 4.68 Å². The van der Waals surface area contributed by atoms with Gasteiger partial charge in [0.15, 0.2) is 10.9 Å². The van der Waals surface area contributed by atoms with Crippen molar-refractivity contribution >= 4 is 60.7 Å². The summed E-state index contributed by atoms with van der Waals surface area (Å²) < 4.78 is 3.96. The molecule has 24 heavy (non-hydrogen) atoms. The van der Waals surface area contributed by atoms with Crippen molar-refractivity contribution in [3.8, 4) is 0 Å². The van der Waals surface area contributed by atoms with E-state index in [-0.39, 0.29) is 0 Å². The van der Waals surface area contributed by atoms with Crippen molar-refractivity contribution in [2.75, 3.05) is 10.6 Å². The molecule has 122 valence electrons. The summed E-state index contributed by atoms with van der Waals surface area (Å²) in [6.07, 6.45) is 1.92. The van der Waals surface area contributed by atoms with E-state index in [2.05, 4.69) is 59.7 Å². The highest BCUT2D eigenvalue weighted by Crippen LogP contribution is 2.15. The Hall–Kier alpha value is -1.70. The van der Waals surface area contributed by atoms with Crippen molar-refractivity contribution in [3.63, 3.8) is 0 Å². The summed E-state index contributed by atoms with van der Waals surface area (Å²) in [4.78, 5) is 0. The fourth-order valence-electron chi connectivity index (χ4n) is 2.11. The lowest BCUT2D eigenvalue weighted by atomic mass is 10.2. The van der Waals surface area contributed by atoms with E-state index in [9.17, 15) is 0 Å². The van der Waals surface area contributed by atoms with Gasteiger partial charge >= 0.3 is 0 Å². The Morgan fingerprint density at radius 1 is 0.917 bits per heavy atom. The third-order valence-electron chi connectivity index (χ3n) is 3.24. The number of rotatable bonds is 4. The fraction of sp³-hybridized carbons (Fsp3) is 0.0588. The smallest absolute Gasteiger partial charge is 0.176 e. The zero-order chi connectivity index (χ0) is 16.9. The van der Waals surface area contributed by atoms with Crippen LogP contribution in [0.1, 0.15) is 5.56 Å². The summed E-state index contributed by atoms with van der Waals surface area (Å²) in [6, 6.07) is 17.9. The van der Waals surface area contributed by atoms with Gasteiger partial charge in [-0.1, -0.05) is 44.0 Å². The minimum absolute atomic E-state index is 0.506. The van der Waals surface area contributed by atoms with Crippen LogP contribution in [0, 0.1) is 0 Å². The first kappa shape index (κ1) is 17.1. The van der Waals surface area contributed by atoms with Crippen LogP contribution in [0.2, 0.25) is 0 Å². The Kier molecular flexibility index (Phi) is 5.65. The lowest BCUT2D eigenvalue weighted by molar-refractivity contribution is 0.690. The maximum Gasteiger partial charge on any atom is 0.176 e. The number of hydrogen-bond acceptors (Lipinski definition) is 2. The molecule has 1 heterocycles. The minimum Gasteiger partial charge on any atom is -0.332 e. The van der Waals surface area contributed by atoms with E-state index in [4.69, 9.17) is 12.2 Å². The molecular weight excluding hydrogens is 452 g/mol. The average Bonchev–Trinajstić information content (AvgIpc) is 2.99. The number of anilines is 2. The summed E-state index contributed by atoms with van der Waals surface area (Å²) in [5.74, 6) is 0.710. The Morgan fingerprint density at radius 3 is 2.21 bits per heavy atom. The van der Waals surface area contributed by atoms with E-state index < -0.39 is 0 Å². The maximum atomic E-state index is 5.32. The second-order valence-corrected chi connectivity index (χ2v) is 7.35. The van der Waals surface area contributed by atoms with Crippen LogP contribution in [0.15, 0.2) is 69.7 Å². The highest BCUT2D eigenvalue weighted by Gasteiger charge is 2.03. The number of nitrogens with zero attached hydrogens (tertiary/aromatic N) is 2. The second kappa shape index (κ2) is 7.92. The molecule has 0 unspecified atom stereocenters. The van der Waals surface area contributed by atoms with Crippen LogP contribution in [0.3, 0.4) is 0 Å². The van der Waals surface area contributed by atoms with Crippen molar-refractivity contribution in [1.82, 2.24) is 9.78 Å². The third kappa shape index (κ3) is 4.90. The molecule has 0 aliphatic carbocycles. The van der Waals surface area contributed by atoms with Crippen molar-refractivity contribution in [2.45, 2.75) is 6.54 Å². The van der Waals surface area contributed by atoms with Crippen molar-refractivity contribution < 1.29 is 0 Å². The fourth-order valence-corrected chi connectivity index (χ4v) is 2.86. The maximum absolute atomic E-state index is 5.32. The molecule has 0 radical (unpaired) electrons. The highest BCUT2D eigenvalue weighted by molar-refractivity contribution is 9.10. The number of benzene rings is 2. The van der Waals surface area contributed by atoms with Crippen molar-refractivity contribution in [3.05, 3.63) is 75.3 Å². The molecule has 3 aromatic rings. The molecule has 0 saturated heterocycles. The third-order valence-corrected chi connectivity index (χ3v) is 4.50. The molecule has 1 aromatic heterocycles. The van der Waals surface area contributed by atoms with Crippen LogP contribution in [0.5, 0.6) is 0 Å². The van der Waals surface area contributed by atoms with E-state index >= 15 is 0 Å². The number of hydrogen-bond donors (Lipinski definition) is 2. The van der Waals surface area contributed by atoms with E-state index in [1.54, 1.807) is 0 Å². The Morgan fingerprint density at radius 2 is 1.54 bits per heavy atom. The van der Waals surface area contributed by atoms with Crippen LogP contribution in [0.25, 0.3) is 0 Å². The molecule has 0 fully saturated rings. The van der Waals surface area contributed by atoms with Crippen LogP contribution in [-0.2, 0) is 6.54 Å². The van der Waals surface area contributed by atoms with Gasteiger partial charge in [-0.05, 0) is 54.2 Å². The van der Waals surface area contributed by atoms with Crippen LogP contribution < -0.4 is 10.6 Å². The van der Waals surface area contributed by atoms with Gasteiger partial charge in [-0.15, -0.1) is 0 Å². The first-order chi connectivity index (χ1) is 11.6. The Balaban J connectivity index is 1.58. The minimum atomic E-state index is 0.506. The van der Waals surface area contributed by atoms with Gasteiger partial charge in [-0.2, -0.15) is 5.10 Å². The largest absolute Gasteiger partial charge is 0.332 e. The SMILES string of the molecule is S=C(Nc1ccc(Br)cc1)Nc1ccn(Cc2ccc(Br)cc2)n1. The highest BCUT2D eigenvalue weighted by atomic mass is 79.9. The quantitative estimate of drug-likeness (QED) is 0.515.